The molecule has 0 radical (unpaired) electrons. The van der Waals surface area contributed by atoms with E-state index in [1.54, 1.807) is 7.05 Å². The van der Waals surface area contributed by atoms with Crippen LogP contribution in [0.5, 0.6) is 0 Å². The number of amides is 2. The van der Waals surface area contributed by atoms with Crippen LogP contribution in [0.2, 0.25) is 0 Å². The lowest BCUT2D eigenvalue weighted by Gasteiger charge is -2.10. The number of alkyl carbamates (subject to hydrolysis) is 1. The van der Waals surface area contributed by atoms with Crippen molar-refractivity contribution in [2.45, 2.75) is 12.7 Å². The van der Waals surface area contributed by atoms with Crippen LogP contribution in [0, 0.1) is 0 Å². The number of hydrogen-bond donors (Lipinski definition) is 1. The van der Waals surface area contributed by atoms with Crippen LogP contribution in [-0.2, 0) is 16.1 Å². The van der Waals surface area contributed by atoms with E-state index in [1.807, 2.05) is 30.3 Å². The maximum absolute atomic E-state index is 11.4. The van der Waals surface area contributed by atoms with E-state index < -0.39 is 6.09 Å². The fraction of sp³-hybridized carbons (Fsp3) is 0.385. The van der Waals surface area contributed by atoms with Gasteiger partial charge in [0.25, 0.3) is 0 Å². The van der Waals surface area contributed by atoms with Crippen LogP contribution < -0.4 is 5.32 Å². The second-order valence-corrected chi connectivity index (χ2v) is 4.33. The van der Waals surface area contributed by atoms with E-state index in [4.69, 9.17) is 9.47 Å². The molecule has 1 heterocycles. The predicted molar refractivity (Wildman–Crippen MR) is 67.5 cm³/mol. The SMILES string of the molecule is CN1CC(CNC(=O)OCc2ccccc2)OC1=O. The Hall–Kier alpha value is -2.24. The van der Waals surface area contributed by atoms with Crippen molar-refractivity contribution < 1.29 is 19.1 Å². The van der Waals surface area contributed by atoms with E-state index in [0.29, 0.717) is 6.54 Å². The fourth-order valence-electron chi connectivity index (χ4n) is 1.73. The molecule has 0 saturated carbocycles. The summed E-state index contributed by atoms with van der Waals surface area (Å²) < 4.78 is 10.0. The summed E-state index contributed by atoms with van der Waals surface area (Å²) in [5.74, 6) is 0. The summed E-state index contributed by atoms with van der Waals surface area (Å²) in [7, 11) is 1.65. The molecular weight excluding hydrogens is 248 g/mol. The molecule has 19 heavy (non-hydrogen) atoms. The Morgan fingerprint density at radius 3 is 2.84 bits per heavy atom. The van der Waals surface area contributed by atoms with Gasteiger partial charge in [0.15, 0.2) is 0 Å². The summed E-state index contributed by atoms with van der Waals surface area (Å²) in [5.41, 5.74) is 0.921. The van der Waals surface area contributed by atoms with Crippen molar-refractivity contribution in [2.24, 2.45) is 0 Å². The molecule has 6 heteroatoms. The fourth-order valence-corrected chi connectivity index (χ4v) is 1.73. The van der Waals surface area contributed by atoms with Gasteiger partial charge in [0.2, 0.25) is 0 Å². The van der Waals surface area contributed by atoms with E-state index in [9.17, 15) is 9.59 Å². The normalized spacial score (nSPS) is 18.1. The molecule has 1 aliphatic rings. The third-order valence-corrected chi connectivity index (χ3v) is 2.74. The minimum absolute atomic E-state index is 0.219. The first-order chi connectivity index (χ1) is 9.15. The zero-order chi connectivity index (χ0) is 13.7. The molecule has 1 N–H and O–H groups in total. The second-order valence-electron chi connectivity index (χ2n) is 4.33. The molecule has 1 aromatic rings. The van der Waals surface area contributed by atoms with E-state index in [1.165, 1.54) is 4.90 Å². The number of likely N-dealkylation sites (N-methyl/N-ethyl adjacent to an activating group) is 1. The molecule has 0 aromatic heterocycles. The first-order valence-corrected chi connectivity index (χ1v) is 6.01. The molecule has 6 nitrogen and oxygen atoms in total. The van der Waals surface area contributed by atoms with Gasteiger partial charge in [0.1, 0.15) is 12.7 Å². The Morgan fingerprint density at radius 2 is 2.21 bits per heavy atom. The molecular formula is C13H16N2O4. The van der Waals surface area contributed by atoms with Gasteiger partial charge in [-0.2, -0.15) is 0 Å². The van der Waals surface area contributed by atoms with Crippen molar-refractivity contribution in [3.8, 4) is 0 Å². The summed E-state index contributed by atoms with van der Waals surface area (Å²) in [6.45, 7) is 0.943. The molecule has 1 atom stereocenters. The topological polar surface area (TPSA) is 67.9 Å². The quantitative estimate of drug-likeness (QED) is 0.891. The first-order valence-electron chi connectivity index (χ1n) is 6.01. The van der Waals surface area contributed by atoms with Crippen LogP contribution in [-0.4, -0.2) is 43.3 Å². The van der Waals surface area contributed by atoms with E-state index in [2.05, 4.69) is 5.32 Å². The molecule has 102 valence electrons. The Labute approximate surface area is 111 Å². The van der Waals surface area contributed by atoms with E-state index in [0.717, 1.165) is 5.56 Å². The molecule has 0 aliphatic carbocycles. The number of cyclic esters (lactones) is 1. The van der Waals surface area contributed by atoms with Crippen LogP contribution in [0.15, 0.2) is 30.3 Å². The monoisotopic (exact) mass is 264 g/mol. The van der Waals surface area contributed by atoms with Gasteiger partial charge in [0.05, 0.1) is 13.1 Å². The maximum Gasteiger partial charge on any atom is 0.410 e. The highest BCUT2D eigenvalue weighted by atomic mass is 16.6. The Bertz CT molecular complexity index is 449. The lowest BCUT2D eigenvalue weighted by atomic mass is 10.2. The number of hydrogen-bond acceptors (Lipinski definition) is 4. The highest BCUT2D eigenvalue weighted by Gasteiger charge is 2.28. The summed E-state index contributed by atoms with van der Waals surface area (Å²) >= 11 is 0. The lowest BCUT2D eigenvalue weighted by molar-refractivity contribution is 0.119. The van der Waals surface area contributed by atoms with Gasteiger partial charge in [0, 0.05) is 7.05 Å². The van der Waals surface area contributed by atoms with Crippen molar-refractivity contribution in [1.82, 2.24) is 10.2 Å². The number of nitrogens with zero attached hydrogens (tertiary/aromatic N) is 1. The zero-order valence-corrected chi connectivity index (χ0v) is 10.7. The average molecular weight is 264 g/mol. The third-order valence-electron chi connectivity index (χ3n) is 2.74. The van der Waals surface area contributed by atoms with E-state index in [-0.39, 0.29) is 25.3 Å². The van der Waals surface area contributed by atoms with Crippen LogP contribution >= 0.6 is 0 Å². The minimum atomic E-state index is -0.519. The Morgan fingerprint density at radius 1 is 1.47 bits per heavy atom. The average Bonchev–Trinajstić information content (AvgIpc) is 2.74. The van der Waals surface area contributed by atoms with Crippen molar-refractivity contribution in [3.05, 3.63) is 35.9 Å². The molecule has 0 spiro atoms. The molecule has 0 bridgehead atoms. The third kappa shape index (κ3) is 3.87. The highest BCUT2D eigenvalue weighted by molar-refractivity contribution is 5.70. The van der Waals surface area contributed by atoms with Gasteiger partial charge in [-0.05, 0) is 5.56 Å². The van der Waals surface area contributed by atoms with Crippen molar-refractivity contribution in [3.63, 3.8) is 0 Å². The summed E-state index contributed by atoms with van der Waals surface area (Å²) in [6.07, 6.45) is -1.21. The van der Waals surface area contributed by atoms with Gasteiger partial charge >= 0.3 is 12.2 Å². The smallest absolute Gasteiger partial charge is 0.410 e. The van der Waals surface area contributed by atoms with Crippen molar-refractivity contribution >= 4 is 12.2 Å². The van der Waals surface area contributed by atoms with Crippen LogP contribution in [0.1, 0.15) is 5.56 Å². The molecule has 1 saturated heterocycles. The highest BCUT2D eigenvalue weighted by Crippen LogP contribution is 2.07. The van der Waals surface area contributed by atoms with Crippen molar-refractivity contribution in [2.75, 3.05) is 20.1 Å². The summed E-state index contributed by atoms with van der Waals surface area (Å²) in [4.78, 5) is 24.0. The standard InChI is InChI=1S/C13H16N2O4/c1-15-8-11(19-13(15)17)7-14-12(16)18-9-10-5-3-2-4-6-10/h2-6,11H,7-9H2,1H3,(H,14,16). The molecule has 1 unspecified atom stereocenters. The number of carbonyl (C=O) groups is 2. The first kappa shape index (κ1) is 13.2. The van der Waals surface area contributed by atoms with Gasteiger partial charge in [-0.25, -0.2) is 9.59 Å². The van der Waals surface area contributed by atoms with Crippen molar-refractivity contribution in [1.29, 1.82) is 0 Å². The van der Waals surface area contributed by atoms with Gasteiger partial charge in [-0.15, -0.1) is 0 Å². The number of rotatable bonds is 4. The van der Waals surface area contributed by atoms with Crippen LogP contribution in [0.25, 0.3) is 0 Å². The molecule has 2 rings (SSSR count). The molecule has 1 aromatic carbocycles. The number of ether oxygens (including phenoxy) is 2. The Kier molecular flexibility index (Phi) is 4.22. The van der Waals surface area contributed by atoms with Gasteiger partial charge in [-0.3, -0.25) is 0 Å². The summed E-state index contributed by atoms with van der Waals surface area (Å²) in [6, 6.07) is 9.41. The number of carbonyl (C=O) groups excluding carboxylic acids is 2. The lowest BCUT2D eigenvalue weighted by Crippen LogP contribution is -2.34. The largest absolute Gasteiger partial charge is 0.445 e. The van der Waals surface area contributed by atoms with Gasteiger partial charge < -0.3 is 19.7 Å². The van der Waals surface area contributed by atoms with Crippen LogP contribution in [0.3, 0.4) is 0 Å². The predicted octanol–water partition coefficient (Wildman–Crippen LogP) is 1.36. The maximum atomic E-state index is 11.4. The number of nitrogens with one attached hydrogen (secondary N) is 1. The van der Waals surface area contributed by atoms with Gasteiger partial charge in [-0.1, -0.05) is 30.3 Å². The van der Waals surface area contributed by atoms with Crippen LogP contribution in [0.4, 0.5) is 9.59 Å². The van der Waals surface area contributed by atoms with E-state index >= 15 is 0 Å². The minimum Gasteiger partial charge on any atom is -0.445 e. The number of benzene rings is 1. The second kappa shape index (κ2) is 6.08. The zero-order valence-electron chi connectivity index (χ0n) is 10.7. The summed E-state index contributed by atoms with van der Waals surface area (Å²) in [5, 5.41) is 2.57. The molecule has 2 amide bonds. The Balaban J connectivity index is 1.67. The molecule has 1 aliphatic heterocycles. The molecule has 1 fully saturated rings.